The Morgan fingerprint density at radius 2 is 1.80 bits per heavy atom. The third-order valence-corrected chi connectivity index (χ3v) is 4.67. The van der Waals surface area contributed by atoms with Crippen LogP contribution in [-0.4, -0.2) is 59.0 Å². The van der Waals surface area contributed by atoms with Gasteiger partial charge in [-0.25, -0.2) is 0 Å². The predicted molar refractivity (Wildman–Crippen MR) is 81.9 cm³/mol. The molecule has 2 unspecified atom stereocenters. The van der Waals surface area contributed by atoms with Gasteiger partial charge in [0, 0.05) is 24.7 Å². The highest BCUT2D eigenvalue weighted by Gasteiger charge is 2.45. The van der Waals surface area contributed by atoms with Crippen molar-refractivity contribution >= 4 is 0 Å². The van der Waals surface area contributed by atoms with Crippen LogP contribution in [0.1, 0.15) is 53.9 Å². The SMILES string of the molecule is CCNC1(CO)CCC(N2CC(C)(C)OC(C)(C)C2)C1. The first-order valence-corrected chi connectivity index (χ1v) is 8.01. The van der Waals surface area contributed by atoms with E-state index in [-0.39, 0.29) is 23.3 Å². The zero-order chi connectivity index (χ0) is 15.0. The van der Waals surface area contributed by atoms with Gasteiger partial charge in [0.15, 0.2) is 0 Å². The summed E-state index contributed by atoms with van der Waals surface area (Å²) in [5, 5.41) is 13.3. The topological polar surface area (TPSA) is 44.7 Å². The van der Waals surface area contributed by atoms with Gasteiger partial charge in [-0.05, 0) is 53.5 Å². The first-order chi connectivity index (χ1) is 9.21. The van der Waals surface area contributed by atoms with Gasteiger partial charge in [-0.1, -0.05) is 6.92 Å². The van der Waals surface area contributed by atoms with Crippen LogP contribution in [0.3, 0.4) is 0 Å². The van der Waals surface area contributed by atoms with Gasteiger partial charge >= 0.3 is 0 Å². The van der Waals surface area contributed by atoms with Crippen LogP contribution in [0, 0.1) is 0 Å². The van der Waals surface area contributed by atoms with E-state index in [2.05, 4.69) is 44.8 Å². The Hall–Kier alpha value is -0.160. The quantitative estimate of drug-likeness (QED) is 0.826. The lowest BCUT2D eigenvalue weighted by Gasteiger charge is -2.49. The minimum Gasteiger partial charge on any atom is -0.394 e. The molecule has 0 amide bonds. The van der Waals surface area contributed by atoms with Gasteiger partial charge in [-0.3, -0.25) is 4.90 Å². The monoisotopic (exact) mass is 284 g/mol. The van der Waals surface area contributed by atoms with E-state index >= 15 is 0 Å². The van der Waals surface area contributed by atoms with Crippen LogP contribution >= 0.6 is 0 Å². The molecule has 2 fully saturated rings. The van der Waals surface area contributed by atoms with Crippen LogP contribution in [-0.2, 0) is 4.74 Å². The van der Waals surface area contributed by atoms with Crippen molar-refractivity contribution in [1.82, 2.24) is 10.2 Å². The maximum Gasteiger partial charge on any atom is 0.0760 e. The summed E-state index contributed by atoms with van der Waals surface area (Å²) >= 11 is 0. The van der Waals surface area contributed by atoms with E-state index in [0.29, 0.717) is 6.04 Å². The molecule has 1 saturated heterocycles. The third-order valence-electron chi connectivity index (χ3n) is 4.67. The van der Waals surface area contributed by atoms with Crippen LogP contribution < -0.4 is 5.32 Å². The van der Waals surface area contributed by atoms with E-state index in [1.165, 1.54) is 6.42 Å². The molecule has 0 spiro atoms. The highest BCUT2D eigenvalue weighted by Crippen LogP contribution is 2.37. The summed E-state index contributed by atoms with van der Waals surface area (Å²) in [6.07, 6.45) is 3.28. The molecular formula is C16H32N2O2. The molecule has 118 valence electrons. The molecule has 0 aromatic heterocycles. The standard InChI is InChI=1S/C16H32N2O2/c1-6-17-16(12-19)8-7-13(9-16)18-10-14(2,3)20-15(4,5)11-18/h13,17,19H,6-12H2,1-5H3. The summed E-state index contributed by atoms with van der Waals surface area (Å²) in [4.78, 5) is 2.58. The normalized spacial score (nSPS) is 37.2. The number of aliphatic hydroxyl groups is 1. The fourth-order valence-corrected chi connectivity index (χ4v) is 4.25. The molecule has 2 atom stereocenters. The van der Waals surface area contributed by atoms with Crippen molar-refractivity contribution in [3.63, 3.8) is 0 Å². The van der Waals surface area contributed by atoms with Crippen molar-refractivity contribution in [2.75, 3.05) is 26.2 Å². The number of hydrogen-bond donors (Lipinski definition) is 2. The Kier molecular flexibility index (Phi) is 4.51. The zero-order valence-corrected chi connectivity index (χ0v) is 13.8. The second-order valence-corrected chi connectivity index (χ2v) is 7.89. The Bertz CT molecular complexity index is 327. The van der Waals surface area contributed by atoms with E-state index < -0.39 is 0 Å². The molecule has 2 N–H and O–H groups in total. The number of morpholine rings is 1. The summed E-state index contributed by atoms with van der Waals surface area (Å²) in [6.45, 7) is 14.0. The number of rotatable bonds is 4. The molecule has 1 aliphatic carbocycles. The van der Waals surface area contributed by atoms with Gasteiger partial charge in [0.1, 0.15) is 0 Å². The molecule has 0 radical (unpaired) electrons. The molecule has 1 aliphatic heterocycles. The van der Waals surface area contributed by atoms with E-state index in [1.54, 1.807) is 0 Å². The molecule has 2 rings (SSSR count). The third kappa shape index (κ3) is 3.53. The Morgan fingerprint density at radius 1 is 1.20 bits per heavy atom. The van der Waals surface area contributed by atoms with Crippen molar-refractivity contribution in [2.24, 2.45) is 0 Å². The number of ether oxygens (including phenoxy) is 1. The lowest BCUT2D eigenvalue weighted by atomic mass is 9.95. The van der Waals surface area contributed by atoms with Crippen molar-refractivity contribution in [3.05, 3.63) is 0 Å². The Morgan fingerprint density at radius 3 is 2.30 bits per heavy atom. The predicted octanol–water partition coefficient (Wildman–Crippen LogP) is 1.77. The molecule has 1 saturated carbocycles. The van der Waals surface area contributed by atoms with Gasteiger partial charge in [-0.15, -0.1) is 0 Å². The zero-order valence-electron chi connectivity index (χ0n) is 13.8. The van der Waals surface area contributed by atoms with Crippen LogP contribution in [0.5, 0.6) is 0 Å². The maximum absolute atomic E-state index is 9.76. The largest absolute Gasteiger partial charge is 0.394 e. The fraction of sp³-hybridized carbons (Fsp3) is 1.00. The summed E-state index contributed by atoms with van der Waals surface area (Å²) in [5.41, 5.74) is -0.249. The van der Waals surface area contributed by atoms with Crippen LogP contribution in [0.25, 0.3) is 0 Å². The number of nitrogens with one attached hydrogen (secondary N) is 1. The van der Waals surface area contributed by atoms with Crippen LogP contribution in [0.15, 0.2) is 0 Å². The second kappa shape index (κ2) is 5.56. The summed E-state index contributed by atoms with van der Waals surface area (Å²) in [7, 11) is 0. The smallest absolute Gasteiger partial charge is 0.0760 e. The lowest BCUT2D eigenvalue weighted by molar-refractivity contribution is -0.187. The average molecular weight is 284 g/mol. The molecule has 0 aromatic rings. The van der Waals surface area contributed by atoms with Gasteiger partial charge in [0.2, 0.25) is 0 Å². The van der Waals surface area contributed by atoms with Crippen molar-refractivity contribution in [3.8, 4) is 0 Å². The van der Waals surface area contributed by atoms with E-state index in [9.17, 15) is 5.11 Å². The van der Waals surface area contributed by atoms with Crippen LogP contribution in [0.4, 0.5) is 0 Å². The first-order valence-electron chi connectivity index (χ1n) is 8.01. The minimum absolute atomic E-state index is 0.0635. The number of likely N-dealkylation sites (N-methyl/N-ethyl adjacent to an activating group) is 1. The molecular weight excluding hydrogens is 252 g/mol. The molecule has 0 bridgehead atoms. The van der Waals surface area contributed by atoms with E-state index in [1.807, 2.05) is 0 Å². The van der Waals surface area contributed by atoms with Gasteiger partial charge < -0.3 is 15.2 Å². The highest BCUT2D eigenvalue weighted by molar-refractivity contribution is 5.02. The molecule has 1 heterocycles. The van der Waals surface area contributed by atoms with Crippen molar-refractivity contribution in [2.45, 2.75) is 76.7 Å². The van der Waals surface area contributed by atoms with Crippen molar-refractivity contribution < 1.29 is 9.84 Å². The number of hydrogen-bond acceptors (Lipinski definition) is 4. The number of aliphatic hydroxyl groups excluding tert-OH is 1. The van der Waals surface area contributed by atoms with Gasteiger partial charge in [0.25, 0.3) is 0 Å². The molecule has 2 aliphatic rings. The first kappa shape index (κ1) is 16.2. The summed E-state index contributed by atoms with van der Waals surface area (Å²) < 4.78 is 6.17. The highest BCUT2D eigenvalue weighted by atomic mass is 16.5. The van der Waals surface area contributed by atoms with E-state index in [0.717, 1.165) is 32.5 Å². The molecule has 0 aromatic carbocycles. The van der Waals surface area contributed by atoms with Gasteiger partial charge in [0.05, 0.1) is 17.8 Å². The minimum atomic E-state index is -0.0929. The Balaban J connectivity index is 2.05. The molecule has 4 nitrogen and oxygen atoms in total. The summed E-state index contributed by atoms with van der Waals surface area (Å²) in [6, 6.07) is 0.559. The Labute approximate surface area is 123 Å². The van der Waals surface area contributed by atoms with Gasteiger partial charge in [-0.2, -0.15) is 0 Å². The van der Waals surface area contributed by atoms with Crippen LogP contribution in [0.2, 0.25) is 0 Å². The van der Waals surface area contributed by atoms with Crippen molar-refractivity contribution in [1.29, 1.82) is 0 Å². The second-order valence-electron chi connectivity index (χ2n) is 7.89. The lowest BCUT2D eigenvalue weighted by Crippen LogP contribution is -2.60. The molecule has 20 heavy (non-hydrogen) atoms. The molecule has 4 heteroatoms. The number of nitrogens with zero attached hydrogens (tertiary/aromatic N) is 1. The fourth-order valence-electron chi connectivity index (χ4n) is 4.25. The average Bonchev–Trinajstić information content (AvgIpc) is 2.70. The van der Waals surface area contributed by atoms with E-state index in [4.69, 9.17) is 4.74 Å². The summed E-state index contributed by atoms with van der Waals surface area (Å²) in [5.74, 6) is 0. The maximum atomic E-state index is 9.76.